The van der Waals surface area contributed by atoms with Gasteiger partial charge in [0, 0.05) is 18.8 Å². The standard InChI is InChI=1S/C23H29FN2O5S/c1-16(31-19-7-5-6-17(14-19)23(2,3)4)22(27)25-18-8-9-20(24)21(15-18)32(28,29)26-10-12-30-13-11-26/h5-9,14-16H,10-13H2,1-4H3,(H,25,27). The molecular weight excluding hydrogens is 435 g/mol. The highest BCUT2D eigenvalue weighted by Crippen LogP contribution is 2.27. The number of sulfonamides is 1. The van der Waals surface area contributed by atoms with Gasteiger partial charge in [-0.1, -0.05) is 32.9 Å². The summed E-state index contributed by atoms with van der Waals surface area (Å²) in [4.78, 5) is 12.2. The van der Waals surface area contributed by atoms with Crippen molar-refractivity contribution in [3.8, 4) is 5.75 Å². The van der Waals surface area contributed by atoms with E-state index in [1.165, 1.54) is 10.4 Å². The van der Waals surface area contributed by atoms with Crippen LogP contribution in [-0.2, 0) is 25.0 Å². The van der Waals surface area contributed by atoms with Gasteiger partial charge in [0.1, 0.15) is 16.5 Å². The van der Waals surface area contributed by atoms with Crippen LogP contribution < -0.4 is 10.1 Å². The number of carbonyl (C=O) groups is 1. The van der Waals surface area contributed by atoms with Crippen LogP contribution in [-0.4, -0.2) is 51.0 Å². The molecule has 0 saturated carbocycles. The highest BCUT2D eigenvalue weighted by molar-refractivity contribution is 7.89. The quantitative estimate of drug-likeness (QED) is 0.707. The van der Waals surface area contributed by atoms with Crippen molar-refractivity contribution >= 4 is 21.6 Å². The van der Waals surface area contributed by atoms with Crippen molar-refractivity contribution in [2.24, 2.45) is 0 Å². The molecule has 32 heavy (non-hydrogen) atoms. The summed E-state index contributed by atoms with van der Waals surface area (Å²) in [5, 5.41) is 2.61. The van der Waals surface area contributed by atoms with Crippen LogP contribution >= 0.6 is 0 Å². The Morgan fingerprint density at radius 2 is 1.84 bits per heavy atom. The van der Waals surface area contributed by atoms with E-state index >= 15 is 0 Å². The number of amides is 1. The predicted molar refractivity (Wildman–Crippen MR) is 120 cm³/mol. The fourth-order valence-corrected chi connectivity index (χ4v) is 4.74. The van der Waals surface area contributed by atoms with E-state index in [2.05, 4.69) is 26.1 Å². The maximum atomic E-state index is 14.4. The number of halogens is 1. The lowest BCUT2D eigenvalue weighted by Crippen LogP contribution is -2.41. The number of rotatable bonds is 6. The predicted octanol–water partition coefficient (Wildman–Crippen LogP) is 3.55. The largest absolute Gasteiger partial charge is 0.481 e. The van der Waals surface area contributed by atoms with Crippen molar-refractivity contribution in [3.63, 3.8) is 0 Å². The molecule has 0 aromatic heterocycles. The van der Waals surface area contributed by atoms with Crippen molar-refractivity contribution < 1.29 is 27.1 Å². The number of morpholine rings is 1. The second-order valence-electron chi connectivity index (χ2n) is 8.69. The molecule has 0 aliphatic carbocycles. The third-order valence-electron chi connectivity index (χ3n) is 5.17. The highest BCUT2D eigenvalue weighted by atomic mass is 32.2. The van der Waals surface area contributed by atoms with Gasteiger partial charge in [0.2, 0.25) is 10.0 Å². The summed E-state index contributed by atoms with van der Waals surface area (Å²) in [5.74, 6) is -0.806. The first-order chi connectivity index (χ1) is 15.0. The lowest BCUT2D eigenvalue weighted by molar-refractivity contribution is -0.122. The maximum Gasteiger partial charge on any atom is 0.265 e. The van der Waals surface area contributed by atoms with Crippen molar-refractivity contribution in [3.05, 3.63) is 53.8 Å². The molecule has 2 aromatic rings. The summed E-state index contributed by atoms with van der Waals surface area (Å²) in [7, 11) is -4.04. The number of hydrogen-bond donors (Lipinski definition) is 1. The molecule has 1 fully saturated rings. The van der Waals surface area contributed by atoms with E-state index in [1.54, 1.807) is 13.0 Å². The number of benzene rings is 2. The molecule has 7 nitrogen and oxygen atoms in total. The van der Waals surface area contributed by atoms with Gasteiger partial charge in [0.05, 0.1) is 13.2 Å². The summed E-state index contributed by atoms with van der Waals surface area (Å²) in [6.07, 6.45) is -0.852. The molecule has 1 aliphatic heterocycles. The van der Waals surface area contributed by atoms with Crippen molar-refractivity contribution in [2.75, 3.05) is 31.6 Å². The van der Waals surface area contributed by atoms with Gasteiger partial charge in [-0.25, -0.2) is 12.8 Å². The molecule has 3 rings (SSSR count). The Bertz CT molecular complexity index is 1080. The second-order valence-corrected chi connectivity index (χ2v) is 10.6. The molecule has 0 spiro atoms. The maximum absolute atomic E-state index is 14.4. The molecule has 1 amide bonds. The van der Waals surface area contributed by atoms with E-state index in [-0.39, 0.29) is 37.4 Å². The highest BCUT2D eigenvalue weighted by Gasteiger charge is 2.29. The Balaban J connectivity index is 1.73. The van der Waals surface area contributed by atoms with Crippen molar-refractivity contribution in [1.29, 1.82) is 0 Å². The number of carbonyl (C=O) groups excluding carboxylic acids is 1. The van der Waals surface area contributed by atoms with Gasteiger partial charge < -0.3 is 14.8 Å². The third kappa shape index (κ3) is 5.65. The lowest BCUT2D eigenvalue weighted by Gasteiger charge is -2.26. The molecule has 9 heteroatoms. The summed E-state index contributed by atoms with van der Waals surface area (Å²) in [6.45, 7) is 8.64. The number of hydrogen-bond acceptors (Lipinski definition) is 5. The number of nitrogens with zero attached hydrogens (tertiary/aromatic N) is 1. The van der Waals surface area contributed by atoms with Gasteiger partial charge in [-0.15, -0.1) is 0 Å². The average molecular weight is 465 g/mol. The number of nitrogens with one attached hydrogen (secondary N) is 1. The van der Waals surface area contributed by atoms with Gasteiger partial charge >= 0.3 is 0 Å². The van der Waals surface area contributed by atoms with Crippen LogP contribution in [0.5, 0.6) is 5.75 Å². The SMILES string of the molecule is CC(Oc1cccc(C(C)(C)C)c1)C(=O)Nc1ccc(F)c(S(=O)(=O)N2CCOCC2)c1. The van der Waals surface area contributed by atoms with Gasteiger partial charge in [0.25, 0.3) is 5.91 Å². The van der Waals surface area contributed by atoms with Gasteiger partial charge in [-0.2, -0.15) is 4.31 Å². The molecule has 1 heterocycles. The van der Waals surface area contributed by atoms with Crippen LogP contribution in [0.25, 0.3) is 0 Å². The van der Waals surface area contributed by atoms with Crippen LogP contribution in [0, 0.1) is 5.82 Å². The molecule has 2 aromatic carbocycles. The fourth-order valence-electron chi connectivity index (χ4n) is 3.24. The first-order valence-electron chi connectivity index (χ1n) is 10.4. The Hall–Kier alpha value is -2.49. The molecule has 1 N–H and O–H groups in total. The first-order valence-corrected chi connectivity index (χ1v) is 11.9. The lowest BCUT2D eigenvalue weighted by atomic mass is 9.87. The normalized spacial score (nSPS) is 16.4. The van der Waals surface area contributed by atoms with E-state index in [0.29, 0.717) is 5.75 Å². The van der Waals surface area contributed by atoms with Gasteiger partial charge in [-0.3, -0.25) is 4.79 Å². The summed E-state index contributed by atoms with van der Waals surface area (Å²) in [5.41, 5.74) is 1.17. The Kier molecular flexibility index (Phi) is 7.22. The molecule has 0 radical (unpaired) electrons. The third-order valence-corrected chi connectivity index (χ3v) is 7.08. The van der Waals surface area contributed by atoms with E-state index in [0.717, 1.165) is 17.7 Å². The Morgan fingerprint density at radius 1 is 1.16 bits per heavy atom. The molecule has 1 aliphatic rings. The minimum absolute atomic E-state index is 0.0681. The zero-order valence-corrected chi connectivity index (χ0v) is 19.5. The Labute approximate surface area is 188 Å². The summed E-state index contributed by atoms with van der Waals surface area (Å²) in [6, 6.07) is 11.0. The average Bonchev–Trinajstić information content (AvgIpc) is 2.75. The summed E-state index contributed by atoms with van der Waals surface area (Å²) >= 11 is 0. The molecule has 174 valence electrons. The van der Waals surface area contributed by atoms with E-state index in [9.17, 15) is 17.6 Å². The summed E-state index contributed by atoms with van der Waals surface area (Å²) < 4.78 is 52.1. The zero-order chi connectivity index (χ0) is 23.5. The molecular formula is C23H29FN2O5S. The monoisotopic (exact) mass is 464 g/mol. The van der Waals surface area contributed by atoms with Crippen molar-refractivity contribution in [2.45, 2.75) is 44.1 Å². The van der Waals surface area contributed by atoms with Crippen LogP contribution in [0.4, 0.5) is 10.1 Å². The van der Waals surface area contributed by atoms with Crippen LogP contribution in [0.1, 0.15) is 33.3 Å². The number of ether oxygens (including phenoxy) is 2. The van der Waals surface area contributed by atoms with E-state index in [4.69, 9.17) is 9.47 Å². The van der Waals surface area contributed by atoms with Crippen LogP contribution in [0.2, 0.25) is 0 Å². The molecule has 0 bridgehead atoms. The second kappa shape index (κ2) is 9.56. The first kappa shape index (κ1) is 24.2. The fraction of sp³-hybridized carbons (Fsp3) is 0.435. The number of anilines is 1. The van der Waals surface area contributed by atoms with Crippen LogP contribution in [0.3, 0.4) is 0 Å². The molecule has 1 saturated heterocycles. The van der Waals surface area contributed by atoms with E-state index < -0.39 is 32.7 Å². The minimum Gasteiger partial charge on any atom is -0.481 e. The van der Waals surface area contributed by atoms with Crippen LogP contribution in [0.15, 0.2) is 47.4 Å². The minimum atomic E-state index is -4.04. The smallest absolute Gasteiger partial charge is 0.265 e. The molecule has 1 unspecified atom stereocenters. The Morgan fingerprint density at radius 3 is 2.50 bits per heavy atom. The topological polar surface area (TPSA) is 84.9 Å². The van der Waals surface area contributed by atoms with Gasteiger partial charge in [-0.05, 0) is 48.2 Å². The van der Waals surface area contributed by atoms with E-state index in [1.807, 2.05) is 18.2 Å². The zero-order valence-electron chi connectivity index (χ0n) is 18.7. The molecule has 1 atom stereocenters. The van der Waals surface area contributed by atoms with Gasteiger partial charge in [0.15, 0.2) is 6.10 Å². The van der Waals surface area contributed by atoms with Crippen molar-refractivity contribution in [1.82, 2.24) is 4.31 Å².